The highest BCUT2D eigenvalue weighted by atomic mass is 19.1. The van der Waals surface area contributed by atoms with Gasteiger partial charge < -0.3 is 10.1 Å². The summed E-state index contributed by atoms with van der Waals surface area (Å²) in [7, 11) is 0. The molecule has 0 aliphatic carbocycles. The molecule has 1 unspecified atom stereocenters. The molecule has 0 bridgehead atoms. The van der Waals surface area contributed by atoms with Crippen LogP contribution in [0.15, 0.2) is 18.2 Å². The smallest absolute Gasteiger partial charge is 0.328 e. The number of carbonyl (C=O) groups excluding carboxylic acids is 1. The van der Waals surface area contributed by atoms with Crippen LogP contribution in [0.1, 0.15) is 13.8 Å². The molecule has 1 N–H and O–H groups in total. The average molecular weight is 256 g/mol. The number of halogens is 1. The van der Waals surface area contributed by atoms with Gasteiger partial charge in [0.1, 0.15) is 17.5 Å². The van der Waals surface area contributed by atoms with Crippen LogP contribution in [0.3, 0.4) is 0 Å². The second kappa shape index (κ2) is 5.95. The molecule has 0 aromatic heterocycles. The molecule has 0 heterocycles. The Hall–Kier alpha value is -2.18. The molecular weight excluding hydrogens is 243 g/mol. The lowest BCUT2D eigenvalue weighted by Gasteiger charge is -2.13. The summed E-state index contributed by atoms with van der Waals surface area (Å²) < 4.78 is 17.7. The lowest BCUT2D eigenvalue weighted by molar-refractivity contribution is -0.384. The molecule has 0 aliphatic rings. The van der Waals surface area contributed by atoms with Crippen LogP contribution in [0, 0.1) is 15.9 Å². The highest BCUT2D eigenvalue weighted by molar-refractivity contribution is 5.80. The Labute approximate surface area is 103 Å². The molecule has 0 aliphatic heterocycles. The van der Waals surface area contributed by atoms with Gasteiger partial charge in [-0.25, -0.2) is 9.18 Å². The highest BCUT2D eigenvalue weighted by Crippen LogP contribution is 2.25. The van der Waals surface area contributed by atoms with Gasteiger partial charge in [-0.1, -0.05) is 0 Å². The maximum Gasteiger partial charge on any atom is 0.328 e. The van der Waals surface area contributed by atoms with Gasteiger partial charge in [0.15, 0.2) is 0 Å². The van der Waals surface area contributed by atoms with E-state index < -0.39 is 28.4 Å². The fraction of sp³-hybridized carbons (Fsp3) is 0.364. The van der Waals surface area contributed by atoms with E-state index in [0.29, 0.717) is 0 Å². The summed E-state index contributed by atoms with van der Waals surface area (Å²) >= 11 is 0. The molecule has 0 saturated heterocycles. The maximum atomic E-state index is 12.9. The van der Waals surface area contributed by atoms with Crippen molar-refractivity contribution in [2.24, 2.45) is 0 Å². The van der Waals surface area contributed by atoms with Gasteiger partial charge in [0.25, 0.3) is 5.69 Å². The lowest BCUT2D eigenvalue weighted by atomic mass is 10.2. The molecule has 1 aromatic rings. The molecule has 1 atom stereocenters. The minimum absolute atomic E-state index is 0.0713. The van der Waals surface area contributed by atoms with E-state index in [4.69, 9.17) is 4.74 Å². The fourth-order valence-corrected chi connectivity index (χ4v) is 1.34. The van der Waals surface area contributed by atoms with E-state index >= 15 is 0 Å². The van der Waals surface area contributed by atoms with Gasteiger partial charge in [-0.3, -0.25) is 10.1 Å². The zero-order chi connectivity index (χ0) is 13.7. The third-order valence-corrected chi connectivity index (χ3v) is 2.17. The molecule has 1 rings (SSSR count). The minimum Gasteiger partial charge on any atom is -0.464 e. The SMILES string of the molecule is CCOC(=O)C(C)Nc1ccc(F)cc1[N+](=O)[O-]. The van der Waals surface area contributed by atoms with Crippen LogP contribution in [0.5, 0.6) is 0 Å². The average Bonchev–Trinajstić information content (AvgIpc) is 2.31. The molecule has 0 amide bonds. The van der Waals surface area contributed by atoms with Crippen molar-refractivity contribution in [3.05, 3.63) is 34.1 Å². The number of nitrogens with one attached hydrogen (secondary N) is 1. The Morgan fingerprint density at radius 3 is 2.83 bits per heavy atom. The van der Waals surface area contributed by atoms with E-state index in [0.717, 1.165) is 12.1 Å². The summed E-state index contributed by atoms with van der Waals surface area (Å²) in [6.07, 6.45) is 0. The molecule has 0 radical (unpaired) electrons. The van der Waals surface area contributed by atoms with E-state index in [1.807, 2.05) is 0 Å². The Morgan fingerprint density at radius 1 is 1.61 bits per heavy atom. The van der Waals surface area contributed by atoms with E-state index in [1.165, 1.54) is 13.0 Å². The topological polar surface area (TPSA) is 81.5 Å². The van der Waals surface area contributed by atoms with Crippen LogP contribution in [0.2, 0.25) is 0 Å². The van der Waals surface area contributed by atoms with Crippen LogP contribution in [0.4, 0.5) is 15.8 Å². The van der Waals surface area contributed by atoms with Crippen molar-refractivity contribution < 1.29 is 18.8 Å². The minimum atomic E-state index is -0.755. The molecule has 6 nitrogen and oxygen atoms in total. The number of ether oxygens (including phenoxy) is 1. The van der Waals surface area contributed by atoms with Crippen molar-refractivity contribution in [3.63, 3.8) is 0 Å². The van der Waals surface area contributed by atoms with Gasteiger partial charge in [0, 0.05) is 0 Å². The van der Waals surface area contributed by atoms with Crippen LogP contribution >= 0.6 is 0 Å². The maximum absolute atomic E-state index is 12.9. The molecule has 7 heteroatoms. The summed E-state index contributed by atoms with van der Waals surface area (Å²) in [6.45, 7) is 3.38. The number of benzene rings is 1. The first-order chi connectivity index (χ1) is 8.45. The Balaban J connectivity index is 2.90. The summed E-state index contributed by atoms with van der Waals surface area (Å²) in [6, 6.07) is 2.32. The summed E-state index contributed by atoms with van der Waals surface area (Å²) in [5.74, 6) is -1.24. The number of nitro groups is 1. The summed E-state index contributed by atoms with van der Waals surface area (Å²) in [5.41, 5.74) is -0.354. The molecule has 0 saturated carbocycles. The number of anilines is 1. The monoisotopic (exact) mass is 256 g/mol. The lowest BCUT2D eigenvalue weighted by Crippen LogP contribution is -2.28. The van der Waals surface area contributed by atoms with E-state index in [-0.39, 0.29) is 12.3 Å². The number of nitro benzene ring substituents is 1. The van der Waals surface area contributed by atoms with Crippen LogP contribution < -0.4 is 5.32 Å². The third kappa shape index (κ3) is 3.41. The van der Waals surface area contributed by atoms with Crippen LogP contribution in [-0.2, 0) is 9.53 Å². The molecule has 18 heavy (non-hydrogen) atoms. The number of carbonyl (C=O) groups is 1. The number of rotatable bonds is 5. The molecule has 0 fully saturated rings. The second-order valence-electron chi connectivity index (χ2n) is 3.54. The van der Waals surface area contributed by atoms with Gasteiger partial charge >= 0.3 is 5.97 Å². The Bertz CT molecular complexity index is 464. The van der Waals surface area contributed by atoms with Gasteiger partial charge in [0.05, 0.1) is 17.6 Å². The molecule has 0 spiro atoms. The van der Waals surface area contributed by atoms with Crippen molar-refractivity contribution in [1.29, 1.82) is 0 Å². The number of hydrogen-bond acceptors (Lipinski definition) is 5. The fourth-order valence-electron chi connectivity index (χ4n) is 1.34. The van der Waals surface area contributed by atoms with E-state index in [1.54, 1.807) is 6.92 Å². The van der Waals surface area contributed by atoms with Gasteiger partial charge in [-0.05, 0) is 26.0 Å². The predicted molar refractivity (Wildman–Crippen MR) is 62.8 cm³/mol. The first-order valence-electron chi connectivity index (χ1n) is 5.32. The van der Waals surface area contributed by atoms with Crippen molar-refractivity contribution in [1.82, 2.24) is 0 Å². The van der Waals surface area contributed by atoms with E-state index in [2.05, 4.69) is 5.32 Å². The van der Waals surface area contributed by atoms with Gasteiger partial charge in [-0.2, -0.15) is 0 Å². The van der Waals surface area contributed by atoms with E-state index in [9.17, 15) is 19.3 Å². The zero-order valence-corrected chi connectivity index (χ0v) is 9.97. The summed E-state index contributed by atoms with van der Waals surface area (Å²) in [4.78, 5) is 21.4. The van der Waals surface area contributed by atoms with Crippen molar-refractivity contribution in [2.45, 2.75) is 19.9 Å². The molecular formula is C11H13FN2O4. The standard InChI is InChI=1S/C11H13FN2O4/c1-3-18-11(15)7(2)13-9-5-4-8(12)6-10(9)14(16)17/h4-7,13H,3H2,1-2H3. The molecule has 98 valence electrons. The zero-order valence-electron chi connectivity index (χ0n) is 9.97. The van der Waals surface area contributed by atoms with Crippen molar-refractivity contribution in [2.75, 3.05) is 11.9 Å². The van der Waals surface area contributed by atoms with Crippen LogP contribution in [0.25, 0.3) is 0 Å². The second-order valence-corrected chi connectivity index (χ2v) is 3.54. The van der Waals surface area contributed by atoms with Gasteiger partial charge in [-0.15, -0.1) is 0 Å². The Morgan fingerprint density at radius 2 is 2.28 bits per heavy atom. The largest absolute Gasteiger partial charge is 0.464 e. The van der Waals surface area contributed by atoms with Crippen molar-refractivity contribution in [3.8, 4) is 0 Å². The Kier molecular flexibility index (Phi) is 4.59. The number of nitrogens with zero attached hydrogens (tertiary/aromatic N) is 1. The third-order valence-electron chi connectivity index (χ3n) is 2.17. The normalized spacial score (nSPS) is 11.7. The van der Waals surface area contributed by atoms with Crippen molar-refractivity contribution >= 4 is 17.3 Å². The number of esters is 1. The first-order valence-corrected chi connectivity index (χ1v) is 5.32. The predicted octanol–water partition coefficient (Wildman–Crippen LogP) is 2.10. The number of hydrogen-bond donors (Lipinski definition) is 1. The summed E-state index contributed by atoms with van der Waals surface area (Å²) in [5, 5.41) is 13.4. The van der Waals surface area contributed by atoms with Crippen LogP contribution in [-0.4, -0.2) is 23.5 Å². The highest BCUT2D eigenvalue weighted by Gasteiger charge is 2.20. The quantitative estimate of drug-likeness (QED) is 0.495. The van der Waals surface area contributed by atoms with Gasteiger partial charge in [0.2, 0.25) is 0 Å². The molecule has 1 aromatic carbocycles. The first kappa shape index (κ1) is 13.9.